The molecular weight excluding hydrogens is 971 g/mol. The monoisotopic (exact) mass is 1040 g/mol. The molecule has 3 heterocycles. The van der Waals surface area contributed by atoms with Crippen LogP contribution in [-0.2, 0) is 77.1 Å². The number of carbonyl (C=O) groups is 3. The van der Waals surface area contributed by atoms with Crippen LogP contribution < -0.4 is 5.32 Å². The average Bonchev–Trinajstić information content (AvgIpc) is 4.05. The van der Waals surface area contributed by atoms with E-state index in [-0.39, 0.29) is 48.8 Å². The van der Waals surface area contributed by atoms with E-state index in [1.807, 2.05) is 80.5 Å². The molecule has 0 fully saturated rings. The van der Waals surface area contributed by atoms with Gasteiger partial charge in [-0.25, -0.2) is 14.4 Å². The third kappa shape index (κ3) is 14.7. The lowest BCUT2D eigenvalue weighted by molar-refractivity contribution is 0.0523. The van der Waals surface area contributed by atoms with E-state index in [9.17, 15) is 44.4 Å². The number of phenols is 3. The zero-order valence-corrected chi connectivity index (χ0v) is 45.3. The van der Waals surface area contributed by atoms with Gasteiger partial charge in [0.05, 0.1) is 0 Å². The van der Waals surface area contributed by atoms with Crippen molar-refractivity contribution in [2.75, 3.05) is 38.7 Å². The number of fused-ring (bicyclic) bond motifs is 3. The highest BCUT2D eigenvalue weighted by Gasteiger charge is 2.33. The minimum Gasteiger partial charge on any atom is -0.507 e. The molecule has 1 atom stereocenters. The summed E-state index contributed by atoms with van der Waals surface area (Å²) in [5.74, 6) is -1.30. The maximum absolute atomic E-state index is 11.9. The van der Waals surface area contributed by atoms with Gasteiger partial charge in [0.15, 0.2) is 25.1 Å². The van der Waals surface area contributed by atoms with Crippen molar-refractivity contribution in [1.29, 1.82) is 0 Å². The molecule has 16 nitrogen and oxygen atoms in total. The number of hydrogen-bond donors (Lipinski definition) is 9. The van der Waals surface area contributed by atoms with Crippen molar-refractivity contribution in [2.24, 2.45) is 0 Å². The number of ether oxygens (including phenoxy) is 3. The predicted molar refractivity (Wildman–Crippen MR) is 277 cm³/mol. The summed E-state index contributed by atoms with van der Waals surface area (Å²) in [6.07, 6.45) is 11.5. The summed E-state index contributed by atoms with van der Waals surface area (Å²) in [7, 11) is -3.78. The van der Waals surface area contributed by atoms with Crippen molar-refractivity contribution in [3.63, 3.8) is 0 Å². The first kappa shape index (κ1) is 59.3. The Bertz CT molecular complexity index is 2530. The maximum atomic E-state index is 11.9. The van der Waals surface area contributed by atoms with Gasteiger partial charge in [-0.1, -0.05) is 62.6 Å². The number of cyclic esters (lactones) is 3. The van der Waals surface area contributed by atoms with Gasteiger partial charge in [-0.3, -0.25) is 0 Å². The van der Waals surface area contributed by atoms with Gasteiger partial charge in [-0.15, -0.1) is 0 Å². The van der Waals surface area contributed by atoms with Crippen molar-refractivity contribution >= 4 is 43.0 Å². The third-order valence-electron chi connectivity index (χ3n) is 13.2. The second-order valence-electron chi connectivity index (χ2n) is 17.6. The summed E-state index contributed by atoms with van der Waals surface area (Å²) >= 11 is 0. The second-order valence-corrected chi connectivity index (χ2v) is 21.2. The van der Waals surface area contributed by atoms with Gasteiger partial charge in [-0.05, 0) is 113 Å². The summed E-state index contributed by atoms with van der Waals surface area (Å²) < 4.78 is 20.1. The summed E-state index contributed by atoms with van der Waals surface area (Å²) in [6, 6.07) is 0. The Kier molecular flexibility index (Phi) is 23.1. The van der Waals surface area contributed by atoms with E-state index in [0.29, 0.717) is 62.2 Å². The Morgan fingerprint density at radius 3 is 1.30 bits per heavy atom. The number of phenolic OH excluding ortho intramolecular Hbond substituents is 3. The van der Waals surface area contributed by atoms with Crippen LogP contribution in [0.4, 0.5) is 0 Å². The standard InChI is InChI=1S/C18H26NO5P.2C17H23O5P/c1-4-13-12(3)15-10-24-18(21)16(15)17(20)14(13)6-5-11(2)9-19-7-8-25(22)23;1-5-12-11(3)14-8-22-17(19)15(14)16(18)13(12)7-6-10(2)9-23(20)21-4;1-4-11(9-23(20)21)6-7-13-12(5-2)10(3)14-8-22-17(19)15(14)16(13)18/h5,19-20,22-23H,4,6-10H2,1-3H3;6,18,20H,5,7-9H2,1-4H3;6,18,20-21H,4-5,7-9H2,1-3H3/b11-5+;10-6+;11-6+. The van der Waals surface area contributed by atoms with Crippen LogP contribution in [0.2, 0.25) is 0 Å². The van der Waals surface area contributed by atoms with Crippen LogP contribution in [0.5, 0.6) is 17.2 Å². The molecule has 3 aromatic carbocycles. The van der Waals surface area contributed by atoms with E-state index < -0.39 is 43.0 Å². The molecule has 0 aliphatic carbocycles. The lowest BCUT2D eigenvalue weighted by Crippen LogP contribution is -2.19. The van der Waals surface area contributed by atoms with Crippen LogP contribution in [0, 0.1) is 20.8 Å². The number of allylic oxidation sites excluding steroid dienone is 5. The minimum absolute atomic E-state index is 0.00640. The molecule has 1 unspecified atom stereocenters. The van der Waals surface area contributed by atoms with Crippen LogP contribution in [0.1, 0.15) is 146 Å². The molecule has 390 valence electrons. The summed E-state index contributed by atoms with van der Waals surface area (Å²) in [6.45, 7) is 19.7. The number of benzene rings is 3. The third-order valence-corrected chi connectivity index (χ3v) is 15.7. The molecule has 9 N–H and O–H groups in total. The van der Waals surface area contributed by atoms with E-state index in [1.165, 1.54) is 7.11 Å². The molecule has 0 spiro atoms. The SMILES string of the molecule is CC/C(=C\Cc1c(O)c2c(c(C)c1CC)COC2=O)CP(O)O.CCc1c(C)c2c(c(O)c1C/C=C(\C)CNCCP(O)O)C(=O)OC2.CCc1c(C)c2c(c(O)c1C/C=C(\C)CP(O)OC)C(=O)OC2. The first-order chi connectivity index (χ1) is 33.7. The first-order valence-corrected chi connectivity index (χ1v) is 28.0. The van der Waals surface area contributed by atoms with Gasteiger partial charge in [0, 0.05) is 72.1 Å². The Balaban J connectivity index is 0.000000232. The van der Waals surface area contributed by atoms with Crippen molar-refractivity contribution in [3.8, 4) is 17.2 Å². The maximum Gasteiger partial charge on any atom is 0.342 e. The van der Waals surface area contributed by atoms with Gasteiger partial charge in [0.1, 0.15) is 53.8 Å². The predicted octanol–water partition coefficient (Wildman–Crippen LogP) is 8.79. The molecule has 0 saturated heterocycles. The summed E-state index contributed by atoms with van der Waals surface area (Å²) in [5.41, 5.74) is 14.8. The molecule has 0 aromatic heterocycles. The lowest BCUT2D eigenvalue weighted by atomic mass is 9.89. The van der Waals surface area contributed by atoms with Crippen molar-refractivity contribution in [2.45, 2.75) is 127 Å². The van der Waals surface area contributed by atoms with Crippen molar-refractivity contribution < 1.29 is 72.9 Å². The average molecular weight is 1040 g/mol. The molecular formula is C52H72NO15P3. The quantitative estimate of drug-likeness (QED) is 0.0168. The van der Waals surface area contributed by atoms with Crippen LogP contribution in [-0.4, -0.2) is 96.4 Å². The normalized spacial score (nSPS) is 14.7. The fraction of sp³-hybridized carbons (Fsp3) is 0.481. The van der Waals surface area contributed by atoms with E-state index >= 15 is 0 Å². The Morgan fingerprint density at radius 1 is 0.577 bits per heavy atom. The van der Waals surface area contributed by atoms with Crippen molar-refractivity contribution in [3.05, 3.63) is 118 Å². The molecule has 71 heavy (non-hydrogen) atoms. The smallest absolute Gasteiger partial charge is 0.342 e. The molecule has 3 aliphatic heterocycles. The summed E-state index contributed by atoms with van der Waals surface area (Å²) in [4.78, 5) is 81.4. The van der Waals surface area contributed by atoms with Crippen LogP contribution in [0.15, 0.2) is 34.9 Å². The van der Waals surface area contributed by atoms with Crippen LogP contribution in [0.25, 0.3) is 0 Å². The highest BCUT2D eigenvalue weighted by molar-refractivity contribution is 7.46. The highest BCUT2D eigenvalue weighted by atomic mass is 31.2. The topological polar surface area (TPSA) is 262 Å². The largest absolute Gasteiger partial charge is 0.507 e. The van der Waals surface area contributed by atoms with Gasteiger partial charge in [-0.2, -0.15) is 0 Å². The molecule has 0 amide bonds. The minimum atomic E-state index is -1.97. The van der Waals surface area contributed by atoms with Crippen LogP contribution in [0.3, 0.4) is 0 Å². The van der Waals surface area contributed by atoms with Crippen LogP contribution >= 0.6 is 25.1 Å². The van der Waals surface area contributed by atoms with E-state index in [0.717, 1.165) is 103 Å². The fourth-order valence-corrected chi connectivity index (χ4v) is 11.0. The number of carbonyl (C=O) groups excluding carboxylic acids is 3. The van der Waals surface area contributed by atoms with Crippen molar-refractivity contribution in [1.82, 2.24) is 5.32 Å². The zero-order valence-electron chi connectivity index (χ0n) is 42.6. The number of esters is 3. The Labute approximate surface area is 421 Å². The molecule has 0 saturated carbocycles. The molecule has 0 radical (unpaired) electrons. The van der Waals surface area contributed by atoms with Gasteiger partial charge in [0.25, 0.3) is 0 Å². The first-order valence-electron chi connectivity index (χ1n) is 23.8. The molecule has 19 heteroatoms. The highest BCUT2D eigenvalue weighted by Crippen LogP contribution is 2.42. The van der Waals surface area contributed by atoms with Gasteiger partial charge in [0.2, 0.25) is 0 Å². The molecule has 6 rings (SSSR count). The zero-order chi connectivity index (χ0) is 52.9. The molecule has 3 aliphatic rings. The number of nitrogens with one attached hydrogen (secondary N) is 1. The Hall–Kier alpha value is -4.30. The van der Waals surface area contributed by atoms with E-state index in [1.54, 1.807) is 0 Å². The Morgan fingerprint density at radius 2 is 0.958 bits per heavy atom. The lowest BCUT2D eigenvalue weighted by Gasteiger charge is -2.16. The summed E-state index contributed by atoms with van der Waals surface area (Å²) in [5, 5.41) is 34.9. The number of hydrogen-bond acceptors (Lipinski definition) is 16. The van der Waals surface area contributed by atoms with E-state index in [4.69, 9.17) is 28.5 Å². The number of rotatable bonds is 20. The fourth-order valence-electron chi connectivity index (χ4n) is 9.20. The van der Waals surface area contributed by atoms with Gasteiger partial charge < -0.3 is 63.8 Å². The second kappa shape index (κ2) is 27.7. The number of aromatic hydroxyl groups is 3. The van der Waals surface area contributed by atoms with E-state index in [2.05, 4.69) is 5.32 Å². The molecule has 0 bridgehead atoms. The van der Waals surface area contributed by atoms with Gasteiger partial charge >= 0.3 is 17.9 Å². The molecule has 3 aromatic rings.